The van der Waals surface area contributed by atoms with Gasteiger partial charge in [-0.3, -0.25) is 0 Å². The number of nitrogens with one attached hydrogen (secondary N) is 1. The van der Waals surface area contributed by atoms with Gasteiger partial charge in [0.25, 0.3) is 0 Å². The first-order chi connectivity index (χ1) is 9.40. The van der Waals surface area contributed by atoms with E-state index in [1.807, 2.05) is 18.4 Å². The Morgan fingerprint density at radius 3 is 2.20 bits per heavy atom. The highest BCUT2D eigenvalue weighted by Crippen LogP contribution is 2.28. The van der Waals surface area contributed by atoms with Gasteiger partial charge in [-0.2, -0.15) is 0 Å². The normalized spacial score (nSPS) is 13.4. The van der Waals surface area contributed by atoms with Crippen molar-refractivity contribution in [3.63, 3.8) is 0 Å². The van der Waals surface area contributed by atoms with Crippen LogP contribution in [0.1, 0.15) is 42.8 Å². The second-order valence-electron chi connectivity index (χ2n) is 6.12. The van der Waals surface area contributed by atoms with E-state index in [1.54, 1.807) is 0 Å². The first kappa shape index (κ1) is 15.7. The molecule has 3 heteroatoms. The molecule has 0 amide bonds. The molecule has 1 unspecified atom stereocenters. The van der Waals surface area contributed by atoms with E-state index in [2.05, 4.69) is 78.4 Å². The molecule has 108 valence electrons. The second kappa shape index (κ2) is 6.42. The van der Waals surface area contributed by atoms with Crippen molar-refractivity contribution in [1.82, 2.24) is 5.32 Å². The topological polar surface area (TPSA) is 12.0 Å². The first-order valence-corrected chi connectivity index (χ1v) is 8.53. The zero-order valence-corrected chi connectivity index (χ0v) is 14.9. The van der Waals surface area contributed by atoms with Crippen molar-refractivity contribution in [2.24, 2.45) is 0 Å². The maximum atomic E-state index is 3.53. The van der Waals surface area contributed by atoms with Crippen LogP contribution in [0.5, 0.6) is 0 Å². The molecule has 2 aromatic rings. The minimum Gasteiger partial charge on any atom is -0.313 e. The molecule has 2 rings (SSSR count). The van der Waals surface area contributed by atoms with Crippen LogP contribution < -0.4 is 5.32 Å². The van der Waals surface area contributed by atoms with Crippen LogP contribution >= 0.6 is 27.3 Å². The van der Waals surface area contributed by atoms with Gasteiger partial charge in [0.05, 0.1) is 3.79 Å². The molecule has 0 radical (unpaired) electrons. The van der Waals surface area contributed by atoms with Gasteiger partial charge in [-0.05, 0) is 51.7 Å². The lowest BCUT2D eigenvalue weighted by Gasteiger charge is -2.21. The van der Waals surface area contributed by atoms with Crippen molar-refractivity contribution in [3.8, 4) is 0 Å². The number of rotatable bonds is 4. The van der Waals surface area contributed by atoms with E-state index in [1.165, 1.54) is 19.8 Å². The van der Waals surface area contributed by atoms with Crippen molar-refractivity contribution >= 4 is 27.3 Å². The van der Waals surface area contributed by atoms with E-state index in [-0.39, 0.29) is 5.41 Å². The Bertz CT molecular complexity index is 551. The lowest BCUT2D eigenvalue weighted by atomic mass is 9.86. The van der Waals surface area contributed by atoms with Gasteiger partial charge in [-0.25, -0.2) is 0 Å². The quantitative estimate of drug-likeness (QED) is 0.786. The predicted molar refractivity (Wildman–Crippen MR) is 92.7 cm³/mol. The molecular weight excluding hydrogens is 330 g/mol. The van der Waals surface area contributed by atoms with E-state index in [9.17, 15) is 0 Å². The third kappa shape index (κ3) is 3.94. The number of halogens is 1. The Kier molecular flexibility index (Phi) is 5.05. The molecule has 0 aliphatic carbocycles. The van der Waals surface area contributed by atoms with Gasteiger partial charge in [0.1, 0.15) is 0 Å². The molecule has 0 fully saturated rings. The van der Waals surface area contributed by atoms with Crippen molar-refractivity contribution < 1.29 is 0 Å². The Balaban J connectivity index is 2.15. The molecular formula is C17H22BrNS. The Morgan fingerprint density at radius 1 is 1.10 bits per heavy atom. The summed E-state index contributed by atoms with van der Waals surface area (Å²) in [6.07, 6.45) is 1.03. The van der Waals surface area contributed by atoms with Crippen LogP contribution in [0, 0.1) is 0 Å². The lowest BCUT2D eigenvalue weighted by molar-refractivity contribution is 0.581. The molecule has 1 atom stereocenters. The van der Waals surface area contributed by atoms with Crippen LogP contribution in [0.25, 0.3) is 0 Å². The molecule has 1 aromatic heterocycles. The molecule has 1 N–H and O–H groups in total. The van der Waals surface area contributed by atoms with Crippen LogP contribution in [0.4, 0.5) is 0 Å². The van der Waals surface area contributed by atoms with Crippen molar-refractivity contribution in [2.45, 2.75) is 38.6 Å². The number of hydrogen-bond donors (Lipinski definition) is 1. The number of thiophene rings is 1. The zero-order chi connectivity index (χ0) is 14.8. The summed E-state index contributed by atoms with van der Waals surface area (Å²) in [4.78, 5) is 1.40. The van der Waals surface area contributed by atoms with Crippen molar-refractivity contribution in [3.05, 3.63) is 56.2 Å². The Hall–Kier alpha value is -0.640. The molecule has 0 saturated carbocycles. The van der Waals surface area contributed by atoms with E-state index in [0.717, 1.165) is 6.42 Å². The van der Waals surface area contributed by atoms with Crippen molar-refractivity contribution in [1.29, 1.82) is 0 Å². The van der Waals surface area contributed by atoms with Gasteiger partial charge < -0.3 is 5.32 Å². The minimum absolute atomic E-state index is 0.215. The smallest absolute Gasteiger partial charge is 0.0701 e. The highest BCUT2D eigenvalue weighted by Gasteiger charge is 2.15. The zero-order valence-electron chi connectivity index (χ0n) is 12.5. The fourth-order valence-corrected chi connectivity index (χ4v) is 3.79. The molecule has 0 aliphatic heterocycles. The standard InChI is InChI=1S/C17H22BrNS/c1-17(2,3)13-7-5-12(6-8-13)15(19-4)11-14-9-10-16(18)20-14/h5-10,15,19H,11H2,1-4H3. The third-order valence-corrected chi connectivity index (χ3v) is 5.21. The maximum Gasteiger partial charge on any atom is 0.0701 e. The number of benzene rings is 1. The summed E-state index contributed by atoms with van der Waals surface area (Å²) in [5.74, 6) is 0. The van der Waals surface area contributed by atoms with E-state index in [0.29, 0.717) is 6.04 Å². The summed E-state index contributed by atoms with van der Waals surface area (Å²) in [6.45, 7) is 6.75. The summed E-state index contributed by atoms with van der Waals surface area (Å²) >= 11 is 5.34. The van der Waals surface area contributed by atoms with Crippen LogP contribution in [0.2, 0.25) is 0 Å². The molecule has 0 saturated heterocycles. The summed E-state index contributed by atoms with van der Waals surface area (Å²) in [5.41, 5.74) is 2.95. The second-order valence-corrected chi connectivity index (χ2v) is 8.67. The fraction of sp³-hybridized carbons (Fsp3) is 0.412. The van der Waals surface area contributed by atoms with Gasteiger partial charge in [-0.1, -0.05) is 45.0 Å². The average Bonchev–Trinajstić information content (AvgIpc) is 2.81. The van der Waals surface area contributed by atoms with Crippen LogP contribution in [-0.2, 0) is 11.8 Å². The van der Waals surface area contributed by atoms with E-state index in [4.69, 9.17) is 0 Å². The summed E-state index contributed by atoms with van der Waals surface area (Å²) in [7, 11) is 2.03. The van der Waals surface area contributed by atoms with Gasteiger partial charge in [0.15, 0.2) is 0 Å². The Labute approximate surface area is 134 Å². The molecule has 0 bridgehead atoms. The Morgan fingerprint density at radius 2 is 1.75 bits per heavy atom. The molecule has 20 heavy (non-hydrogen) atoms. The van der Waals surface area contributed by atoms with Gasteiger partial charge in [0, 0.05) is 17.3 Å². The lowest BCUT2D eigenvalue weighted by Crippen LogP contribution is -2.19. The number of likely N-dealkylation sites (N-methyl/N-ethyl adjacent to an activating group) is 1. The van der Waals surface area contributed by atoms with Crippen LogP contribution in [0.3, 0.4) is 0 Å². The van der Waals surface area contributed by atoms with E-state index < -0.39 is 0 Å². The van der Waals surface area contributed by atoms with Crippen LogP contribution in [0.15, 0.2) is 40.2 Å². The molecule has 0 aliphatic rings. The molecule has 1 aromatic carbocycles. The van der Waals surface area contributed by atoms with Crippen LogP contribution in [-0.4, -0.2) is 7.05 Å². The minimum atomic E-state index is 0.215. The SMILES string of the molecule is CNC(Cc1ccc(Br)s1)c1ccc(C(C)(C)C)cc1. The summed E-state index contributed by atoms with van der Waals surface area (Å²) < 4.78 is 1.20. The van der Waals surface area contributed by atoms with Gasteiger partial charge in [-0.15, -0.1) is 11.3 Å². The maximum absolute atomic E-state index is 3.53. The largest absolute Gasteiger partial charge is 0.313 e. The highest BCUT2D eigenvalue weighted by atomic mass is 79.9. The average molecular weight is 352 g/mol. The highest BCUT2D eigenvalue weighted by molar-refractivity contribution is 9.11. The summed E-state index contributed by atoms with van der Waals surface area (Å²) in [6, 6.07) is 13.7. The van der Waals surface area contributed by atoms with E-state index >= 15 is 0 Å². The summed E-state index contributed by atoms with van der Waals surface area (Å²) in [5, 5.41) is 3.43. The molecule has 1 nitrogen and oxygen atoms in total. The molecule has 1 heterocycles. The first-order valence-electron chi connectivity index (χ1n) is 6.92. The molecule has 0 spiro atoms. The predicted octanol–water partition coefficient (Wildman–Crippen LogP) is 5.31. The third-order valence-electron chi connectivity index (χ3n) is 3.56. The van der Waals surface area contributed by atoms with Gasteiger partial charge >= 0.3 is 0 Å². The monoisotopic (exact) mass is 351 g/mol. The van der Waals surface area contributed by atoms with Gasteiger partial charge in [0.2, 0.25) is 0 Å². The fourth-order valence-electron chi connectivity index (χ4n) is 2.26. The van der Waals surface area contributed by atoms with Crippen molar-refractivity contribution in [2.75, 3.05) is 7.05 Å². The number of hydrogen-bond acceptors (Lipinski definition) is 2.